The maximum atomic E-state index is 12.9. The third kappa shape index (κ3) is 3.75. The molecule has 2 saturated carbocycles. The predicted octanol–water partition coefficient (Wildman–Crippen LogP) is 0.210. The van der Waals surface area contributed by atoms with Gasteiger partial charge in [0.25, 0.3) is 0 Å². The number of hydrogen-bond acceptors (Lipinski definition) is 9. The van der Waals surface area contributed by atoms with E-state index in [2.05, 4.69) is 0 Å². The Morgan fingerprint density at radius 1 is 1.21 bits per heavy atom. The first-order valence-electron chi connectivity index (χ1n) is 10.3. The molecule has 0 N–H and O–H groups in total. The smallest absolute Gasteiger partial charge is 0.320 e. The average Bonchev–Trinajstić information content (AvgIpc) is 3.30. The summed E-state index contributed by atoms with van der Waals surface area (Å²) in [6, 6.07) is 0. The maximum absolute atomic E-state index is 12.9. The lowest BCUT2D eigenvalue weighted by Gasteiger charge is -2.32. The third-order valence-corrected chi connectivity index (χ3v) is 6.55. The molecule has 7 atom stereocenters. The Labute approximate surface area is 169 Å². The van der Waals surface area contributed by atoms with Crippen molar-refractivity contribution in [2.75, 3.05) is 40.0 Å². The summed E-state index contributed by atoms with van der Waals surface area (Å²) >= 11 is 0. The molecule has 2 heterocycles. The number of methoxy groups -OCH3 is 1. The van der Waals surface area contributed by atoms with Crippen LogP contribution in [0.15, 0.2) is 0 Å². The molecule has 0 aromatic heterocycles. The number of rotatable bonds is 7. The Hall–Kier alpha value is -1.71. The summed E-state index contributed by atoms with van der Waals surface area (Å²) in [6.45, 7) is 6.47. The van der Waals surface area contributed by atoms with Gasteiger partial charge in [0.05, 0.1) is 31.6 Å². The van der Waals surface area contributed by atoms with E-state index in [1.807, 2.05) is 18.7 Å². The molecule has 4 rings (SSSR count). The summed E-state index contributed by atoms with van der Waals surface area (Å²) in [5.74, 6) is -2.82. The minimum absolute atomic E-state index is 0.0204. The Bertz CT molecular complexity index is 661. The second kappa shape index (κ2) is 8.20. The molecule has 4 fully saturated rings. The first-order chi connectivity index (χ1) is 13.9. The van der Waals surface area contributed by atoms with Crippen LogP contribution in [-0.4, -0.2) is 81.3 Å². The number of carbonyl (C=O) groups is 3. The number of carbonyl (C=O) groups excluding carboxylic acids is 3. The van der Waals surface area contributed by atoms with E-state index in [0.29, 0.717) is 32.7 Å². The van der Waals surface area contributed by atoms with Crippen LogP contribution in [0.4, 0.5) is 0 Å². The van der Waals surface area contributed by atoms with Gasteiger partial charge in [0.2, 0.25) is 6.29 Å². The summed E-state index contributed by atoms with van der Waals surface area (Å²) in [4.78, 5) is 39.8. The van der Waals surface area contributed by atoms with Crippen LogP contribution in [0.3, 0.4) is 0 Å². The first kappa shape index (κ1) is 20.6. The number of ether oxygens (including phenoxy) is 5. The van der Waals surface area contributed by atoms with Gasteiger partial charge in [-0.3, -0.25) is 19.3 Å². The summed E-state index contributed by atoms with van der Waals surface area (Å²) in [7, 11) is 1.48. The van der Waals surface area contributed by atoms with Gasteiger partial charge in [-0.2, -0.15) is 0 Å². The molecule has 7 unspecified atom stereocenters. The maximum Gasteiger partial charge on any atom is 0.320 e. The Morgan fingerprint density at radius 3 is 2.59 bits per heavy atom. The zero-order chi connectivity index (χ0) is 20.7. The monoisotopic (exact) mass is 411 g/mol. The molecule has 0 spiro atoms. The van der Waals surface area contributed by atoms with Crippen molar-refractivity contribution in [2.45, 2.75) is 38.8 Å². The quantitative estimate of drug-likeness (QED) is 0.331. The molecule has 0 radical (unpaired) electrons. The van der Waals surface area contributed by atoms with Gasteiger partial charge in [-0.1, -0.05) is 13.8 Å². The van der Waals surface area contributed by atoms with Crippen LogP contribution in [0, 0.1) is 29.6 Å². The van der Waals surface area contributed by atoms with Crippen LogP contribution in [0.2, 0.25) is 0 Å². The molecule has 2 aliphatic heterocycles. The number of morpholine rings is 1. The predicted molar refractivity (Wildman–Crippen MR) is 97.3 cm³/mol. The van der Waals surface area contributed by atoms with E-state index in [1.165, 1.54) is 7.11 Å². The van der Waals surface area contributed by atoms with Crippen molar-refractivity contribution in [1.82, 2.24) is 4.90 Å². The van der Waals surface area contributed by atoms with E-state index in [9.17, 15) is 14.4 Å². The molecular weight excluding hydrogens is 382 g/mol. The van der Waals surface area contributed by atoms with E-state index >= 15 is 0 Å². The largest absolute Gasteiger partial charge is 0.458 e. The van der Waals surface area contributed by atoms with Gasteiger partial charge in [-0.05, 0) is 6.42 Å². The van der Waals surface area contributed by atoms with Crippen LogP contribution in [0.25, 0.3) is 0 Å². The fourth-order valence-electron chi connectivity index (χ4n) is 5.25. The van der Waals surface area contributed by atoms with Crippen molar-refractivity contribution < 1.29 is 38.1 Å². The third-order valence-electron chi connectivity index (χ3n) is 6.55. The topological polar surface area (TPSA) is 101 Å². The van der Waals surface area contributed by atoms with Gasteiger partial charge in [-0.15, -0.1) is 0 Å². The molecular formula is C20H29NO8. The minimum atomic E-state index is -0.683. The van der Waals surface area contributed by atoms with Crippen LogP contribution in [0.5, 0.6) is 0 Å². The van der Waals surface area contributed by atoms with Crippen LogP contribution in [0.1, 0.15) is 20.3 Å². The van der Waals surface area contributed by atoms with Crippen molar-refractivity contribution in [3.8, 4) is 0 Å². The second-order valence-electron chi connectivity index (χ2n) is 8.64. The zero-order valence-electron chi connectivity index (χ0n) is 17.1. The molecule has 29 heavy (non-hydrogen) atoms. The van der Waals surface area contributed by atoms with Gasteiger partial charge < -0.3 is 23.7 Å². The molecule has 9 heteroatoms. The standard InChI is InChI=1S/C20H29NO8/c1-10(2)20(25-3)29-19(24)15-11-8-12-14(15)18(23)28-17(12)16(11)27-13(22)9-21-4-6-26-7-5-21/h10-12,14-17,20H,4-9H2,1-3H3. The Morgan fingerprint density at radius 2 is 1.93 bits per heavy atom. The van der Waals surface area contributed by atoms with E-state index < -0.39 is 42.3 Å². The van der Waals surface area contributed by atoms with Gasteiger partial charge in [0.1, 0.15) is 12.2 Å². The lowest BCUT2D eigenvalue weighted by atomic mass is 9.78. The number of nitrogens with zero attached hydrogens (tertiary/aromatic N) is 1. The number of hydrogen-bond donors (Lipinski definition) is 0. The minimum Gasteiger partial charge on any atom is -0.458 e. The summed E-state index contributed by atoms with van der Waals surface area (Å²) in [5.41, 5.74) is 0. The Kier molecular flexibility index (Phi) is 5.81. The van der Waals surface area contributed by atoms with Gasteiger partial charge in [0.15, 0.2) is 0 Å². The summed E-state index contributed by atoms with van der Waals surface area (Å²) in [6.07, 6.45) is -1.13. The fourth-order valence-corrected chi connectivity index (χ4v) is 5.25. The van der Waals surface area contributed by atoms with Crippen LogP contribution >= 0.6 is 0 Å². The van der Waals surface area contributed by atoms with Crippen molar-refractivity contribution in [3.05, 3.63) is 0 Å². The molecule has 2 aliphatic carbocycles. The number of fused-ring (bicyclic) bond motifs is 1. The van der Waals surface area contributed by atoms with Crippen molar-refractivity contribution >= 4 is 17.9 Å². The van der Waals surface area contributed by atoms with Crippen molar-refractivity contribution in [2.24, 2.45) is 29.6 Å². The second-order valence-corrected chi connectivity index (χ2v) is 8.64. The lowest BCUT2D eigenvalue weighted by molar-refractivity contribution is -0.193. The molecule has 2 saturated heterocycles. The lowest BCUT2D eigenvalue weighted by Crippen LogP contribution is -2.46. The molecule has 0 amide bonds. The summed E-state index contributed by atoms with van der Waals surface area (Å²) < 4.78 is 27.3. The molecule has 0 aromatic carbocycles. The zero-order valence-corrected chi connectivity index (χ0v) is 17.1. The van der Waals surface area contributed by atoms with E-state index in [-0.39, 0.29) is 30.3 Å². The van der Waals surface area contributed by atoms with Crippen molar-refractivity contribution in [1.29, 1.82) is 0 Å². The molecule has 4 aliphatic rings. The van der Waals surface area contributed by atoms with Crippen LogP contribution < -0.4 is 0 Å². The SMILES string of the molecule is COC(OC(=O)C1C2CC3C(OC(=O)C31)C2OC(=O)CN1CCOCC1)C(C)C. The average molecular weight is 411 g/mol. The summed E-state index contributed by atoms with van der Waals surface area (Å²) in [5, 5.41) is 0. The highest BCUT2D eigenvalue weighted by Crippen LogP contribution is 2.59. The normalized spacial score (nSPS) is 36.9. The highest BCUT2D eigenvalue weighted by Gasteiger charge is 2.70. The van der Waals surface area contributed by atoms with Gasteiger partial charge in [0, 0.05) is 38.0 Å². The van der Waals surface area contributed by atoms with Gasteiger partial charge in [-0.25, -0.2) is 0 Å². The van der Waals surface area contributed by atoms with Crippen molar-refractivity contribution in [3.63, 3.8) is 0 Å². The highest BCUT2D eigenvalue weighted by molar-refractivity contribution is 5.86. The van der Waals surface area contributed by atoms with Crippen LogP contribution in [-0.2, 0) is 38.1 Å². The highest BCUT2D eigenvalue weighted by atomic mass is 16.7. The number of esters is 3. The van der Waals surface area contributed by atoms with Gasteiger partial charge >= 0.3 is 17.9 Å². The molecule has 9 nitrogen and oxygen atoms in total. The van der Waals surface area contributed by atoms with E-state index in [4.69, 9.17) is 23.7 Å². The molecule has 162 valence electrons. The fraction of sp³-hybridized carbons (Fsp3) is 0.850. The molecule has 2 bridgehead atoms. The van der Waals surface area contributed by atoms with E-state index in [1.54, 1.807) is 0 Å². The first-order valence-corrected chi connectivity index (χ1v) is 10.3. The molecule has 0 aromatic rings. The Balaban J connectivity index is 1.44. The van der Waals surface area contributed by atoms with E-state index in [0.717, 1.165) is 0 Å².